The van der Waals surface area contributed by atoms with Gasteiger partial charge < -0.3 is 4.74 Å². The van der Waals surface area contributed by atoms with Crippen molar-refractivity contribution in [3.8, 4) is 0 Å². The maximum absolute atomic E-state index is 13.7. The second-order valence-electron chi connectivity index (χ2n) is 4.25. The Kier molecular flexibility index (Phi) is 4.22. The van der Waals surface area contributed by atoms with E-state index in [2.05, 4.69) is 0 Å². The predicted octanol–water partition coefficient (Wildman–Crippen LogP) is 4.13. The third kappa shape index (κ3) is 3.15. The quantitative estimate of drug-likeness (QED) is 0.756. The van der Waals surface area contributed by atoms with Crippen LogP contribution in [0.5, 0.6) is 0 Å². The molecule has 0 amide bonds. The summed E-state index contributed by atoms with van der Waals surface area (Å²) in [5.41, 5.74) is 0.632. The van der Waals surface area contributed by atoms with Gasteiger partial charge >= 0.3 is 0 Å². The highest BCUT2D eigenvalue weighted by atomic mass is 19.2. The van der Waals surface area contributed by atoms with Crippen LogP contribution in [0.15, 0.2) is 36.4 Å². The molecule has 0 fully saturated rings. The van der Waals surface area contributed by atoms with Gasteiger partial charge in [0.05, 0.1) is 13.2 Å². The summed E-state index contributed by atoms with van der Waals surface area (Å²) in [7, 11) is 0. The highest BCUT2D eigenvalue weighted by Gasteiger charge is 2.15. The molecule has 19 heavy (non-hydrogen) atoms. The zero-order valence-corrected chi connectivity index (χ0v) is 10.4. The van der Waals surface area contributed by atoms with Crippen molar-refractivity contribution in [1.82, 2.24) is 0 Å². The van der Waals surface area contributed by atoms with Crippen molar-refractivity contribution in [2.75, 3.05) is 0 Å². The minimum Gasteiger partial charge on any atom is -0.372 e. The average molecular weight is 266 g/mol. The Morgan fingerprint density at radius 2 is 1.63 bits per heavy atom. The van der Waals surface area contributed by atoms with E-state index in [9.17, 15) is 13.2 Å². The molecule has 1 nitrogen and oxygen atoms in total. The van der Waals surface area contributed by atoms with Crippen LogP contribution in [0.1, 0.15) is 16.7 Å². The average Bonchev–Trinajstić information content (AvgIpc) is 2.43. The normalized spacial score (nSPS) is 10.7. The van der Waals surface area contributed by atoms with Gasteiger partial charge in [0, 0.05) is 11.1 Å². The largest absolute Gasteiger partial charge is 0.372 e. The van der Waals surface area contributed by atoms with Crippen molar-refractivity contribution < 1.29 is 17.9 Å². The Morgan fingerprint density at radius 3 is 2.32 bits per heavy atom. The molecule has 2 rings (SSSR count). The summed E-state index contributed by atoms with van der Waals surface area (Å²) >= 11 is 0. The number of hydrogen-bond donors (Lipinski definition) is 0. The van der Waals surface area contributed by atoms with Crippen LogP contribution in [0.2, 0.25) is 0 Å². The molecule has 2 aromatic carbocycles. The second kappa shape index (κ2) is 5.89. The van der Waals surface area contributed by atoms with Crippen LogP contribution in [0.25, 0.3) is 0 Å². The lowest BCUT2D eigenvalue weighted by Gasteiger charge is -2.09. The molecule has 2 aromatic rings. The lowest BCUT2D eigenvalue weighted by atomic mass is 10.1. The van der Waals surface area contributed by atoms with E-state index in [0.717, 1.165) is 11.6 Å². The molecule has 0 bridgehead atoms. The summed E-state index contributed by atoms with van der Waals surface area (Å²) in [6.07, 6.45) is 0. The zero-order valence-electron chi connectivity index (χ0n) is 10.4. The van der Waals surface area contributed by atoms with Crippen molar-refractivity contribution in [1.29, 1.82) is 0 Å². The minimum atomic E-state index is -1.15. The summed E-state index contributed by atoms with van der Waals surface area (Å²) in [6.45, 7) is 1.39. The maximum Gasteiger partial charge on any atom is 0.164 e. The molecule has 0 aliphatic carbocycles. The Labute approximate surface area is 109 Å². The molecule has 0 aliphatic heterocycles. The lowest BCUT2D eigenvalue weighted by molar-refractivity contribution is 0.104. The number of benzene rings is 2. The molecule has 4 heteroatoms. The fourth-order valence-corrected chi connectivity index (χ4v) is 1.75. The fourth-order valence-electron chi connectivity index (χ4n) is 1.75. The smallest absolute Gasteiger partial charge is 0.164 e. The van der Waals surface area contributed by atoms with Gasteiger partial charge in [0.15, 0.2) is 11.6 Å². The molecule has 0 unspecified atom stereocenters. The second-order valence-corrected chi connectivity index (χ2v) is 4.25. The Hall–Kier alpha value is -1.81. The van der Waals surface area contributed by atoms with Crippen LogP contribution in [0.3, 0.4) is 0 Å². The maximum atomic E-state index is 13.7. The third-order valence-electron chi connectivity index (χ3n) is 2.82. The Bertz CT molecular complexity index is 567. The first-order valence-electron chi connectivity index (χ1n) is 5.84. The van der Waals surface area contributed by atoms with Crippen molar-refractivity contribution >= 4 is 0 Å². The highest BCUT2D eigenvalue weighted by molar-refractivity contribution is 5.27. The van der Waals surface area contributed by atoms with E-state index in [4.69, 9.17) is 4.74 Å². The first-order chi connectivity index (χ1) is 9.09. The van der Waals surface area contributed by atoms with Gasteiger partial charge in [-0.3, -0.25) is 0 Å². The van der Waals surface area contributed by atoms with E-state index in [1.165, 1.54) is 6.92 Å². The Balaban J connectivity index is 2.04. The predicted molar refractivity (Wildman–Crippen MR) is 66.0 cm³/mol. The van der Waals surface area contributed by atoms with E-state index in [-0.39, 0.29) is 17.7 Å². The van der Waals surface area contributed by atoms with Crippen molar-refractivity contribution in [3.05, 3.63) is 70.5 Å². The van der Waals surface area contributed by atoms with E-state index in [1.807, 2.05) is 30.3 Å². The number of rotatable bonds is 4. The molecule has 0 saturated heterocycles. The molecule has 0 atom stereocenters. The molecule has 0 aromatic heterocycles. The van der Waals surface area contributed by atoms with E-state index >= 15 is 0 Å². The van der Waals surface area contributed by atoms with Gasteiger partial charge in [-0.05, 0) is 18.6 Å². The zero-order chi connectivity index (χ0) is 13.8. The minimum absolute atomic E-state index is 0.0207. The molecule has 0 radical (unpaired) electrons. The van der Waals surface area contributed by atoms with Crippen molar-refractivity contribution in [3.63, 3.8) is 0 Å². The van der Waals surface area contributed by atoms with Gasteiger partial charge in [0.25, 0.3) is 0 Å². The van der Waals surface area contributed by atoms with E-state index < -0.39 is 17.5 Å². The van der Waals surface area contributed by atoms with Crippen molar-refractivity contribution in [2.24, 2.45) is 0 Å². The van der Waals surface area contributed by atoms with E-state index in [0.29, 0.717) is 6.61 Å². The fraction of sp³-hybridized carbons (Fsp3) is 0.200. The summed E-state index contributed by atoms with van der Waals surface area (Å²) in [5, 5.41) is 0. The number of halogens is 3. The number of ether oxygens (including phenoxy) is 1. The standard InChI is InChI=1S/C15H13F3O/c1-10-14(17)12(7-13(16)15(10)18)9-19-8-11-5-3-2-4-6-11/h2-7H,8-9H2,1H3. The molecule has 0 spiro atoms. The van der Waals surface area contributed by atoms with Crippen LogP contribution in [0, 0.1) is 24.4 Å². The first-order valence-corrected chi connectivity index (χ1v) is 5.84. The molecule has 0 saturated carbocycles. The van der Waals surface area contributed by atoms with Gasteiger partial charge in [-0.15, -0.1) is 0 Å². The molecule has 0 N–H and O–H groups in total. The van der Waals surface area contributed by atoms with Gasteiger partial charge in [0.2, 0.25) is 0 Å². The van der Waals surface area contributed by atoms with Crippen LogP contribution >= 0.6 is 0 Å². The molecular formula is C15H13F3O. The first kappa shape index (κ1) is 13.6. The van der Waals surface area contributed by atoms with Gasteiger partial charge in [-0.25, -0.2) is 13.2 Å². The third-order valence-corrected chi connectivity index (χ3v) is 2.82. The number of hydrogen-bond acceptors (Lipinski definition) is 1. The Morgan fingerprint density at radius 1 is 0.947 bits per heavy atom. The van der Waals surface area contributed by atoms with Crippen molar-refractivity contribution in [2.45, 2.75) is 20.1 Å². The SMILES string of the molecule is Cc1c(F)c(F)cc(COCc2ccccc2)c1F. The van der Waals surface area contributed by atoms with Gasteiger partial charge in [-0.1, -0.05) is 30.3 Å². The van der Waals surface area contributed by atoms with Gasteiger partial charge in [-0.2, -0.15) is 0 Å². The van der Waals surface area contributed by atoms with Crippen LogP contribution in [0.4, 0.5) is 13.2 Å². The topological polar surface area (TPSA) is 9.23 Å². The monoisotopic (exact) mass is 266 g/mol. The summed E-state index contributed by atoms with van der Waals surface area (Å²) in [4.78, 5) is 0. The molecule has 100 valence electrons. The summed E-state index contributed by atoms with van der Waals surface area (Å²) < 4.78 is 45.3. The molecule has 0 heterocycles. The van der Waals surface area contributed by atoms with E-state index in [1.54, 1.807) is 0 Å². The lowest BCUT2D eigenvalue weighted by Crippen LogP contribution is -2.03. The highest BCUT2D eigenvalue weighted by Crippen LogP contribution is 2.20. The molecule has 0 aliphatic rings. The molecular weight excluding hydrogens is 253 g/mol. The van der Waals surface area contributed by atoms with Crippen LogP contribution in [-0.2, 0) is 18.0 Å². The summed E-state index contributed by atoms with van der Waals surface area (Å²) in [6, 6.07) is 10.2. The van der Waals surface area contributed by atoms with Crippen LogP contribution < -0.4 is 0 Å². The van der Waals surface area contributed by atoms with Crippen LogP contribution in [-0.4, -0.2) is 0 Å². The summed E-state index contributed by atoms with van der Waals surface area (Å²) in [5.74, 6) is -2.96. The van der Waals surface area contributed by atoms with Gasteiger partial charge in [0.1, 0.15) is 5.82 Å².